The zero-order chi connectivity index (χ0) is 10.7. The smallest absolute Gasteiger partial charge is 0.162 e. The summed E-state index contributed by atoms with van der Waals surface area (Å²) in [6.45, 7) is 3.74. The van der Waals surface area contributed by atoms with Crippen LogP contribution in [-0.2, 0) is 9.59 Å². The van der Waals surface area contributed by atoms with E-state index in [-0.39, 0.29) is 23.4 Å². The monoisotopic (exact) mass is 202 g/mol. The number of carbonyl (C=O) groups is 2. The van der Waals surface area contributed by atoms with Crippen molar-refractivity contribution < 1.29 is 9.59 Å². The van der Waals surface area contributed by atoms with E-state index in [9.17, 15) is 9.59 Å². The number of rotatable bonds is 0. The van der Waals surface area contributed by atoms with Gasteiger partial charge in [0.15, 0.2) is 11.6 Å². The first-order valence-electron chi connectivity index (χ1n) is 5.55. The first-order chi connectivity index (χ1) is 7.09. The highest BCUT2D eigenvalue weighted by Crippen LogP contribution is 2.52. The molecule has 0 aromatic carbocycles. The largest absolute Gasteiger partial charge is 0.294 e. The lowest BCUT2D eigenvalue weighted by Crippen LogP contribution is -2.26. The van der Waals surface area contributed by atoms with Crippen LogP contribution in [0.1, 0.15) is 20.3 Å². The molecule has 0 aromatic heterocycles. The molecule has 3 aliphatic rings. The molecule has 0 aromatic rings. The second kappa shape index (κ2) is 2.69. The second-order valence-electron chi connectivity index (χ2n) is 5.04. The fraction of sp³-hybridized carbons (Fsp3) is 0.538. The van der Waals surface area contributed by atoms with E-state index < -0.39 is 0 Å². The van der Waals surface area contributed by atoms with Crippen molar-refractivity contribution in [3.63, 3.8) is 0 Å². The van der Waals surface area contributed by atoms with Gasteiger partial charge in [-0.15, -0.1) is 0 Å². The minimum absolute atomic E-state index is 0.0313. The molecule has 3 aliphatic carbocycles. The van der Waals surface area contributed by atoms with Crippen molar-refractivity contribution in [2.24, 2.45) is 23.7 Å². The van der Waals surface area contributed by atoms with Crippen molar-refractivity contribution >= 4 is 11.6 Å². The first-order valence-corrected chi connectivity index (χ1v) is 5.55. The molecule has 0 heterocycles. The summed E-state index contributed by atoms with van der Waals surface area (Å²) in [6.07, 6.45) is 5.13. The number of hydrogen-bond donors (Lipinski definition) is 0. The second-order valence-corrected chi connectivity index (χ2v) is 5.04. The zero-order valence-electron chi connectivity index (χ0n) is 8.99. The van der Waals surface area contributed by atoms with Crippen molar-refractivity contribution in [3.8, 4) is 0 Å². The predicted octanol–water partition coefficient (Wildman–Crippen LogP) is 1.91. The van der Waals surface area contributed by atoms with Crippen LogP contribution in [0.4, 0.5) is 0 Å². The van der Waals surface area contributed by atoms with Gasteiger partial charge in [0.1, 0.15) is 0 Å². The average molecular weight is 202 g/mol. The molecule has 0 aliphatic heterocycles. The summed E-state index contributed by atoms with van der Waals surface area (Å²) in [5, 5.41) is 0. The summed E-state index contributed by atoms with van der Waals surface area (Å²) in [7, 11) is 0. The molecule has 1 fully saturated rings. The molecule has 4 atom stereocenters. The average Bonchev–Trinajstić information content (AvgIpc) is 2.72. The number of fused-ring (bicyclic) bond motifs is 3. The van der Waals surface area contributed by atoms with E-state index in [1.807, 2.05) is 13.8 Å². The van der Waals surface area contributed by atoms with Gasteiger partial charge in [-0.25, -0.2) is 0 Å². The molecule has 78 valence electrons. The molecule has 0 amide bonds. The Labute approximate surface area is 89.0 Å². The highest BCUT2D eigenvalue weighted by molar-refractivity contribution is 6.07. The van der Waals surface area contributed by atoms with Crippen LogP contribution in [0.25, 0.3) is 0 Å². The highest BCUT2D eigenvalue weighted by atomic mass is 16.1. The molecule has 3 rings (SSSR count). The van der Waals surface area contributed by atoms with Crippen molar-refractivity contribution in [2.75, 3.05) is 0 Å². The minimum atomic E-state index is -0.0313. The van der Waals surface area contributed by atoms with Gasteiger partial charge in [-0.1, -0.05) is 12.2 Å². The summed E-state index contributed by atoms with van der Waals surface area (Å²) >= 11 is 0. The molecule has 2 heteroatoms. The molecular formula is C13H14O2. The normalized spacial score (nSPS) is 42.8. The SMILES string of the molecule is CC1=C[C@H]2C[C@H]3C=C(C)C(=O)[C@H]3[C@H]2C1=O. The van der Waals surface area contributed by atoms with Crippen LogP contribution in [0, 0.1) is 23.7 Å². The Morgan fingerprint density at radius 2 is 1.33 bits per heavy atom. The van der Waals surface area contributed by atoms with Gasteiger partial charge in [0, 0.05) is 11.8 Å². The maximum Gasteiger partial charge on any atom is 0.162 e. The molecule has 15 heavy (non-hydrogen) atoms. The topological polar surface area (TPSA) is 34.1 Å². The molecule has 0 unspecified atom stereocenters. The van der Waals surface area contributed by atoms with Gasteiger partial charge in [0.25, 0.3) is 0 Å². The number of allylic oxidation sites excluding steroid dienone is 4. The summed E-state index contributed by atoms with van der Waals surface area (Å²) < 4.78 is 0. The quantitative estimate of drug-likeness (QED) is 0.601. The molecule has 0 bridgehead atoms. The summed E-state index contributed by atoms with van der Waals surface area (Å²) in [4.78, 5) is 23.9. The number of hydrogen-bond acceptors (Lipinski definition) is 2. The Kier molecular flexibility index (Phi) is 1.63. The van der Waals surface area contributed by atoms with Crippen molar-refractivity contribution in [1.29, 1.82) is 0 Å². The highest BCUT2D eigenvalue weighted by Gasteiger charge is 2.53. The van der Waals surface area contributed by atoms with Gasteiger partial charge in [-0.2, -0.15) is 0 Å². The summed E-state index contributed by atoms with van der Waals surface area (Å²) in [6, 6.07) is 0. The van der Waals surface area contributed by atoms with Gasteiger partial charge < -0.3 is 0 Å². The lowest BCUT2D eigenvalue weighted by molar-refractivity contribution is -0.127. The standard InChI is InChI=1S/C13H14O2/c1-6-3-8-5-9-4-7(2)13(15)11(9)10(8)12(6)14/h3-4,8-11H,5H2,1-2H3/t8-,9+,10-,11+. The zero-order valence-corrected chi connectivity index (χ0v) is 8.99. The van der Waals surface area contributed by atoms with Gasteiger partial charge in [-0.3, -0.25) is 9.59 Å². The van der Waals surface area contributed by atoms with Crippen LogP contribution in [0.5, 0.6) is 0 Å². The Morgan fingerprint density at radius 3 is 1.73 bits per heavy atom. The van der Waals surface area contributed by atoms with Gasteiger partial charge in [-0.05, 0) is 43.3 Å². The number of Topliss-reactive ketones (excluding diaryl/α,β-unsaturated/α-hetero) is 2. The predicted molar refractivity (Wildman–Crippen MR) is 56.1 cm³/mol. The van der Waals surface area contributed by atoms with Crippen LogP contribution >= 0.6 is 0 Å². The number of carbonyl (C=O) groups excluding carboxylic acids is 2. The molecule has 0 spiro atoms. The van der Waals surface area contributed by atoms with Gasteiger partial charge in [0.05, 0.1) is 0 Å². The van der Waals surface area contributed by atoms with Crippen molar-refractivity contribution in [1.82, 2.24) is 0 Å². The third kappa shape index (κ3) is 0.996. The fourth-order valence-electron chi connectivity index (χ4n) is 3.53. The lowest BCUT2D eigenvalue weighted by Gasteiger charge is -2.15. The van der Waals surface area contributed by atoms with Crippen LogP contribution in [-0.4, -0.2) is 11.6 Å². The Bertz CT molecular complexity index is 388. The maximum atomic E-state index is 11.9. The van der Waals surface area contributed by atoms with E-state index >= 15 is 0 Å². The molecule has 0 saturated heterocycles. The molecule has 0 radical (unpaired) electrons. The van der Waals surface area contributed by atoms with E-state index in [1.54, 1.807) is 0 Å². The Morgan fingerprint density at radius 1 is 0.933 bits per heavy atom. The van der Waals surface area contributed by atoms with Gasteiger partial charge in [0.2, 0.25) is 0 Å². The molecule has 1 saturated carbocycles. The molecule has 2 nitrogen and oxygen atoms in total. The Balaban J connectivity index is 2.00. The molecular weight excluding hydrogens is 188 g/mol. The minimum Gasteiger partial charge on any atom is -0.294 e. The van der Waals surface area contributed by atoms with Crippen molar-refractivity contribution in [2.45, 2.75) is 20.3 Å². The van der Waals surface area contributed by atoms with Crippen LogP contribution < -0.4 is 0 Å². The van der Waals surface area contributed by atoms with E-state index in [1.165, 1.54) is 0 Å². The van der Waals surface area contributed by atoms with Crippen molar-refractivity contribution in [3.05, 3.63) is 23.3 Å². The van der Waals surface area contributed by atoms with E-state index in [0.29, 0.717) is 11.8 Å². The maximum absolute atomic E-state index is 11.9. The van der Waals surface area contributed by atoms with Crippen LogP contribution in [0.3, 0.4) is 0 Å². The third-order valence-corrected chi connectivity index (χ3v) is 4.16. The number of ketones is 2. The third-order valence-electron chi connectivity index (χ3n) is 4.16. The first kappa shape index (κ1) is 9.08. The fourth-order valence-corrected chi connectivity index (χ4v) is 3.53. The summed E-state index contributed by atoms with van der Waals surface area (Å²) in [5.41, 5.74) is 1.72. The molecule has 0 N–H and O–H groups in total. The Hall–Kier alpha value is -1.18. The van der Waals surface area contributed by atoms with Crippen LogP contribution in [0.15, 0.2) is 23.3 Å². The van der Waals surface area contributed by atoms with Gasteiger partial charge >= 0.3 is 0 Å². The lowest BCUT2D eigenvalue weighted by atomic mass is 9.85. The summed E-state index contributed by atoms with van der Waals surface area (Å²) in [5.74, 6) is 1.03. The van der Waals surface area contributed by atoms with E-state index in [0.717, 1.165) is 17.6 Å². The van der Waals surface area contributed by atoms with Crippen LogP contribution in [0.2, 0.25) is 0 Å². The van der Waals surface area contributed by atoms with E-state index in [2.05, 4.69) is 12.2 Å². The van der Waals surface area contributed by atoms with E-state index in [4.69, 9.17) is 0 Å².